The molecule has 0 saturated carbocycles. The second kappa shape index (κ2) is 19.5. The van der Waals surface area contributed by atoms with E-state index in [-0.39, 0.29) is 0 Å². The lowest BCUT2D eigenvalue weighted by atomic mass is 9.90. The molecule has 0 fully saturated rings. The summed E-state index contributed by atoms with van der Waals surface area (Å²) in [5.74, 6) is 0.724. The molecule has 0 aliphatic heterocycles. The standard InChI is InChI=1S/C37H60/c1-6-10-14-18-32-25-33(19-15-11-7-2)28-36(27-32)23-22-31(5)24-37-29-34(20-16-12-8-3)26-35(30-37)21-17-13-9-4/h25-31H,6-24H2,1-5H3. The highest BCUT2D eigenvalue weighted by molar-refractivity contribution is 5.32. The first-order valence-electron chi connectivity index (χ1n) is 16.3. The van der Waals surface area contributed by atoms with E-state index < -0.39 is 0 Å². The van der Waals surface area contributed by atoms with E-state index in [9.17, 15) is 0 Å². The molecule has 1 unspecified atom stereocenters. The molecule has 0 aliphatic carbocycles. The number of aryl methyl sites for hydroxylation is 5. The van der Waals surface area contributed by atoms with Gasteiger partial charge in [-0.05, 0) is 110 Å². The van der Waals surface area contributed by atoms with E-state index in [2.05, 4.69) is 71.0 Å². The molecule has 0 amide bonds. The predicted octanol–water partition coefficient (Wildman–Crippen LogP) is 11.4. The van der Waals surface area contributed by atoms with Crippen molar-refractivity contribution < 1.29 is 0 Å². The van der Waals surface area contributed by atoms with Gasteiger partial charge in [0.2, 0.25) is 0 Å². The fourth-order valence-corrected chi connectivity index (χ4v) is 5.75. The first-order chi connectivity index (χ1) is 18.1. The molecule has 1 atom stereocenters. The van der Waals surface area contributed by atoms with Gasteiger partial charge in [0.05, 0.1) is 0 Å². The average molecular weight is 505 g/mol. The van der Waals surface area contributed by atoms with Gasteiger partial charge in [-0.2, -0.15) is 0 Å². The highest BCUT2D eigenvalue weighted by atomic mass is 14.1. The Labute approximate surface area is 232 Å². The number of rotatable bonds is 21. The van der Waals surface area contributed by atoms with Gasteiger partial charge in [-0.3, -0.25) is 0 Å². The van der Waals surface area contributed by atoms with E-state index in [1.165, 1.54) is 122 Å². The van der Waals surface area contributed by atoms with Crippen molar-refractivity contribution in [2.24, 2.45) is 5.92 Å². The number of unbranched alkanes of at least 4 members (excludes halogenated alkanes) is 8. The lowest BCUT2D eigenvalue weighted by Crippen LogP contribution is -2.04. The van der Waals surface area contributed by atoms with Crippen LogP contribution in [0.2, 0.25) is 0 Å². The Balaban J connectivity index is 2.03. The first-order valence-corrected chi connectivity index (χ1v) is 16.3. The molecule has 0 saturated heterocycles. The van der Waals surface area contributed by atoms with Crippen LogP contribution in [0.15, 0.2) is 36.4 Å². The largest absolute Gasteiger partial charge is 0.0654 e. The molecular formula is C37H60. The lowest BCUT2D eigenvalue weighted by Gasteiger charge is -2.16. The molecule has 0 spiro atoms. The summed E-state index contributed by atoms with van der Waals surface area (Å²) >= 11 is 0. The molecule has 0 heteroatoms. The van der Waals surface area contributed by atoms with Crippen LogP contribution in [0, 0.1) is 5.92 Å². The topological polar surface area (TPSA) is 0 Å². The number of benzene rings is 2. The fourth-order valence-electron chi connectivity index (χ4n) is 5.75. The molecule has 0 heterocycles. The van der Waals surface area contributed by atoms with Gasteiger partial charge < -0.3 is 0 Å². The zero-order valence-corrected chi connectivity index (χ0v) is 25.5. The molecule has 2 aromatic rings. The van der Waals surface area contributed by atoms with Crippen LogP contribution in [0.5, 0.6) is 0 Å². The quantitative estimate of drug-likeness (QED) is 0.148. The van der Waals surface area contributed by atoms with Crippen LogP contribution in [0.1, 0.15) is 151 Å². The summed E-state index contributed by atoms with van der Waals surface area (Å²) in [5, 5.41) is 0. The van der Waals surface area contributed by atoms with Crippen molar-refractivity contribution in [3.05, 3.63) is 69.8 Å². The van der Waals surface area contributed by atoms with E-state index in [0.717, 1.165) is 5.92 Å². The van der Waals surface area contributed by atoms with Gasteiger partial charge in [0.1, 0.15) is 0 Å². The average Bonchev–Trinajstić information content (AvgIpc) is 2.88. The Kier molecular flexibility index (Phi) is 16.7. The van der Waals surface area contributed by atoms with Crippen molar-refractivity contribution >= 4 is 0 Å². The predicted molar refractivity (Wildman–Crippen MR) is 167 cm³/mol. The highest BCUT2D eigenvalue weighted by Crippen LogP contribution is 2.23. The maximum absolute atomic E-state index is 2.54. The SMILES string of the molecule is CCCCCc1cc(CCCCC)cc(CCC(C)Cc2cc(CCCCC)cc(CCCCC)c2)c1. The smallest absolute Gasteiger partial charge is 0.0253 e. The van der Waals surface area contributed by atoms with Crippen LogP contribution in [0.25, 0.3) is 0 Å². The Morgan fingerprint density at radius 3 is 1.03 bits per heavy atom. The fraction of sp³-hybridized carbons (Fsp3) is 0.676. The third-order valence-corrected chi connectivity index (χ3v) is 8.01. The molecular weight excluding hydrogens is 444 g/mol. The van der Waals surface area contributed by atoms with Gasteiger partial charge >= 0.3 is 0 Å². The van der Waals surface area contributed by atoms with Crippen LogP contribution in [0.4, 0.5) is 0 Å². The summed E-state index contributed by atoms with van der Waals surface area (Å²) in [7, 11) is 0. The monoisotopic (exact) mass is 504 g/mol. The first kappa shape index (κ1) is 31.7. The molecule has 0 N–H and O–H groups in total. The third-order valence-electron chi connectivity index (χ3n) is 8.01. The summed E-state index contributed by atoms with van der Waals surface area (Å²) in [6, 6.07) is 15.2. The molecule has 0 aromatic heterocycles. The van der Waals surface area contributed by atoms with Gasteiger partial charge in [-0.15, -0.1) is 0 Å². The molecule has 0 radical (unpaired) electrons. The molecule has 37 heavy (non-hydrogen) atoms. The van der Waals surface area contributed by atoms with Crippen LogP contribution >= 0.6 is 0 Å². The normalized spacial score (nSPS) is 12.2. The van der Waals surface area contributed by atoms with Crippen molar-refractivity contribution in [1.82, 2.24) is 0 Å². The molecule has 0 nitrogen and oxygen atoms in total. The maximum Gasteiger partial charge on any atom is -0.0253 e. The van der Waals surface area contributed by atoms with Crippen LogP contribution < -0.4 is 0 Å². The lowest BCUT2D eigenvalue weighted by molar-refractivity contribution is 0.529. The Hall–Kier alpha value is -1.56. The maximum atomic E-state index is 2.54. The third kappa shape index (κ3) is 13.7. The summed E-state index contributed by atoms with van der Waals surface area (Å²) in [4.78, 5) is 0. The summed E-state index contributed by atoms with van der Waals surface area (Å²) in [5.41, 5.74) is 9.51. The van der Waals surface area contributed by atoms with Crippen molar-refractivity contribution in [1.29, 1.82) is 0 Å². The minimum absolute atomic E-state index is 0.724. The second-order valence-electron chi connectivity index (χ2n) is 12.0. The zero-order chi connectivity index (χ0) is 26.7. The van der Waals surface area contributed by atoms with Crippen LogP contribution in [-0.4, -0.2) is 0 Å². The van der Waals surface area contributed by atoms with E-state index in [1.807, 2.05) is 0 Å². The Morgan fingerprint density at radius 1 is 0.405 bits per heavy atom. The van der Waals surface area contributed by atoms with Crippen molar-refractivity contribution in [3.8, 4) is 0 Å². The number of hydrogen-bond acceptors (Lipinski definition) is 0. The summed E-state index contributed by atoms with van der Waals surface area (Å²) in [6.07, 6.45) is 24.7. The summed E-state index contributed by atoms with van der Waals surface area (Å²) in [6.45, 7) is 11.7. The Bertz CT molecular complexity index is 789. The van der Waals surface area contributed by atoms with E-state index >= 15 is 0 Å². The Morgan fingerprint density at radius 2 is 0.703 bits per heavy atom. The van der Waals surface area contributed by atoms with Crippen molar-refractivity contribution in [2.75, 3.05) is 0 Å². The number of hydrogen-bond donors (Lipinski definition) is 0. The molecule has 208 valence electrons. The molecule has 0 aliphatic rings. The van der Waals surface area contributed by atoms with Crippen molar-refractivity contribution in [2.45, 2.75) is 157 Å². The summed E-state index contributed by atoms with van der Waals surface area (Å²) < 4.78 is 0. The van der Waals surface area contributed by atoms with Gasteiger partial charge in [-0.1, -0.05) is 122 Å². The minimum Gasteiger partial charge on any atom is -0.0654 e. The van der Waals surface area contributed by atoms with Crippen LogP contribution in [-0.2, 0) is 38.5 Å². The highest BCUT2D eigenvalue weighted by Gasteiger charge is 2.09. The second-order valence-corrected chi connectivity index (χ2v) is 12.0. The molecule has 2 aromatic carbocycles. The van der Waals surface area contributed by atoms with E-state index in [1.54, 1.807) is 33.4 Å². The van der Waals surface area contributed by atoms with E-state index in [0.29, 0.717) is 0 Å². The molecule has 2 rings (SSSR count). The van der Waals surface area contributed by atoms with Crippen LogP contribution in [0.3, 0.4) is 0 Å². The van der Waals surface area contributed by atoms with Gasteiger partial charge in [-0.25, -0.2) is 0 Å². The van der Waals surface area contributed by atoms with Gasteiger partial charge in [0, 0.05) is 0 Å². The van der Waals surface area contributed by atoms with Crippen molar-refractivity contribution in [3.63, 3.8) is 0 Å². The van der Waals surface area contributed by atoms with E-state index in [4.69, 9.17) is 0 Å². The zero-order valence-electron chi connectivity index (χ0n) is 25.5. The molecule has 0 bridgehead atoms. The minimum atomic E-state index is 0.724. The van der Waals surface area contributed by atoms with Gasteiger partial charge in [0.15, 0.2) is 0 Å². The van der Waals surface area contributed by atoms with Gasteiger partial charge in [0.25, 0.3) is 0 Å².